The number of aromatic nitrogens is 1. The van der Waals surface area contributed by atoms with Crippen molar-refractivity contribution in [2.75, 3.05) is 18.0 Å². The van der Waals surface area contributed by atoms with Gasteiger partial charge in [0.2, 0.25) is 5.91 Å². The molecule has 2 aliphatic heterocycles. The standard InChI is InChI=1S/C25H27N3O2/c1-4-22(29)28-14-13-18-17-9-5-7-11-20(17)26-23(18)25(28)19-10-6-8-12-21(19)27(24(25)30)15-16(2)3/h5-12,16,26H,4,13-15H2,1-3H3. The Morgan fingerprint density at radius 1 is 1.13 bits per heavy atom. The number of aromatic amines is 1. The number of carbonyl (C=O) groups excluding carboxylic acids is 2. The molecule has 5 heteroatoms. The Kier molecular flexibility index (Phi) is 4.24. The zero-order valence-electron chi connectivity index (χ0n) is 17.7. The number of benzene rings is 2. The molecule has 154 valence electrons. The summed E-state index contributed by atoms with van der Waals surface area (Å²) in [5.74, 6) is 0.304. The predicted octanol–water partition coefficient (Wildman–Crippen LogP) is 4.21. The van der Waals surface area contributed by atoms with Gasteiger partial charge in [0.05, 0.1) is 11.4 Å². The second-order valence-electron chi connectivity index (χ2n) is 8.71. The number of carbonyl (C=O) groups is 2. The van der Waals surface area contributed by atoms with Crippen molar-refractivity contribution >= 4 is 28.4 Å². The Morgan fingerprint density at radius 3 is 2.63 bits per heavy atom. The first-order chi connectivity index (χ1) is 14.5. The van der Waals surface area contributed by atoms with Crippen molar-refractivity contribution in [3.8, 4) is 0 Å². The van der Waals surface area contributed by atoms with Crippen molar-refractivity contribution < 1.29 is 9.59 Å². The highest BCUT2D eigenvalue weighted by Crippen LogP contribution is 2.52. The van der Waals surface area contributed by atoms with Gasteiger partial charge in [-0.05, 0) is 30.0 Å². The van der Waals surface area contributed by atoms with Crippen molar-refractivity contribution in [2.45, 2.75) is 39.2 Å². The molecule has 5 nitrogen and oxygen atoms in total. The molecule has 0 saturated heterocycles. The third kappa shape index (κ3) is 2.35. The minimum absolute atomic E-state index is 0.00820. The van der Waals surface area contributed by atoms with Crippen LogP contribution < -0.4 is 4.90 Å². The van der Waals surface area contributed by atoms with E-state index in [1.807, 2.05) is 59.2 Å². The van der Waals surface area contributed by atoms with Gasteiger partial charge in [0.25, 0.3) is 5.91 Å². The van der Waals surface area contributed by atoms with E-state index in [1.54, 1.807) is 0 Å². The third-order valence-electron chi connectivity index (χ3n) is 6.46. The van der Waals surface area contributed by atoms with Gasteiger partial charge in [-0.25, -0.2) is 0 Å². The van der Waals surface area contributed by atoms with Gasteiger partial charge in [0.1, 0.15) is 0 Å². The Balaban J connectivity index is 1.85. The van der Waals surface area contributed by atoms with Crippen molar-refractivity contribution in [1.82, 2.24) is 9.88 Å². The van der Waals surface area contributed by atoms with Gasteiger partial charge < -0.3 is 14.8 Å². The first-order valence-electron chi connectivity index (χ1n) is 10.8. The van der Waals surface area contributed by atoms with Crippen LogP contribution >= 0.6 is 0 Å². The van der Waals surface area contributed by atoms with Crippen LogP contribution in [0.25, 0.3) is 10.9 Å². The summed E-state index contributed by atoms with van der Waals surface area (Å²) >= 11 is 0. The Bertz CT molecular complexity index is 1160. The highest BCUT2D eigenvalue weighted by Gasteiger charge is 2.60. The molecule has 1 aromatic heterocycles. The molecule has 2 aliphatic rings. The number of anilines is 1. The van der Waals surface area contributed by atoms with E-state index >= 15 is 0 Å². The van der Waals surface area contributed by atoms with Crippen LogP contribution in [0.5, 0.6) is 0 Å². The molecule has 1 atom stereocenters. The number of hydrogen-bond donors (Lipinski definition) is 1. The molecule has 0 radical (unpaired) electrons. The second kappa shape index (κ2) is 6.73. The number of rotatable bonds is 3. The molecule has 1 N–H and O–H groups in total. The maximum absolute atomic E-state index is 14.3. The fourth-order valence-electron chi connectivity index (χ4n) is 5.28. The first kappa shape index (κ1) is 18.9. The van der Waals surface area contributed by atoms with E-state index in [9.17, 15) is 9.59 Å². The first-order valence-corrected chi connectivity index (χ1v) is 10.8. The van der Waals surface area contributed by atoms with Crippen LogP contribution in [0.15, 0.2) is 48.5 Å². The van der Waals surface area contributed by atoms with Gasteiger partial charge in [-0.2, -0.15) is 0 Å². The summed E-state index contributed by atoms with van der Waals surface area (Å²) in [7, 11) is 0. The van der Waals surface area contributed by atoms with Crippen LogP contribution in [0.3, 0.4) is 0 Å². The number of amides is 2. The van der Waals surface area contributed by atoms with Gasteiger partial charge in [0, 0.05) is 36.0 Å². The minimum atomic E-state index is -1.12. The van der Waals surface area contributed by atoms with Crippen molar-refractivity contribution in [3.05, 3.63) is 65.4 Å². The minimum Gasteiger partial charge on any atom is -0.355 e. The Hall–Kier alpha value is -3.08. The molecule has 0 aliphatic carbocycles. The van der Waals surface area contributed by atoms with Crippen LogP contribution in [0.2, 0.25) is 0 Å². The molecule has 5 rings (SSSR count). The molecule has 3 aromatic rings. The van der Waals surface area contributed by atoms with E-state index in [0.717, 1.165) is 39.8 Å². The zero-order chi connectivity index (χ0) is 21.0. The van der Waals surface area contributed by atoms with Gasteiger partial charge in [-0.15, -0.1) is 0 Å². The average Bonchev–Trinajstić information content (AvgIpc) is 3.24. The highest BCUT2D eigenvalue weighted by molar-refractivity contribution is 6.12. The number of fused-ring (bicyclic) bond motifs is 6. The number of nitrogens with zero attached hydrogens (tertiary/aromatic N) is 2. The Labute approximate surface area is 176 Å². The van der Waals surface area contributed by atoms with Crippen LogP contribution in [0.1, 0.15) is 44.0 Å². The summed E-state index contributed by atoms with van der Waals surface area (Å²) in [6.45, 7) is 7.27. The Morgan fingerprint density at radius 2 is 1.87 bits per heavy atom. The van der Waals surface area contributed by atoms with Crippen LogP contribution in [0.4, 0.5) is 5.69 Å². The zero-order valence-corrected chi connectivity index (χ0v) is 17.7. The summed E-state index contributed by atoms with van der Waals surface area (Å²) in [6.07, 6.45) is 1.11. The lowest BCUT2D eigenvalue weighted by Gasteiger charge is -2.43. The number of para-hydroxylation sites is 2. The largest absolute Gasteiger partial charge is 0.355 e. The average molecular weight is 402 g/mol. The normalized spacial score (nSPS) is 20.3. The van der Waals surface area contributed by atoms with E-state index in [1.165, 1.54) is 0 Å². The monoisotopic (exact) mass is 401 g/mol. The summed E-state index contributed by atoms with van der Waals surface area (Å²) < 4.78 is 0. The molecule has 2 amide bonds. The topological polar surface area (TPSA) is 56.4 Å². The lowest BCUT2D eigenvalue weighted by molar-refractivity contribution is -0.144. The van der Waals surface area contributed by atoms with Crippen molar-refractivity contribution in [2.24, 2.45) is 5.92 Å². The molecular weight excluding hydrogens is 374 g/mol. The van der Waals surface area contributed by atoms with E-state index in [0.29, 0.717) is 25.4 Å². The van der Waals surface area contributed by atoms with E-state index in [4.69, 9.17) is 0 Å². The predicted molar refractivity (Wildman–Crippen MR) is 118 cm³/mol. The molecule has 1 spiro atoms. The molecule has 3 heterocycles. The highest BCUT2D eigenvalue weighted by atomic mass is 16.2. The second-order valence-corrected chi connectivity index (χ2v) is 8.71. The van der Waals surface area contributed by atoms with Gasteiger partial charge in [-0.3, -0.25) is 9.59 Å². The maximum atomic E-state index is 14.3. The SMILES string of the molecule is CCC(=O)N1CCc2c([nH]c3ccccc23)C12C(=O)N(CC(C)C)c1ccccc12. The summed E-state index contributed by atoms with van der Waals surface area (Å²) in [5.41, 5.74) is 3.73. The van der Waals surface area contributed by atoms with E-state index in [-0.39, 0.29) is 11.8 Å². The summed E-state index contributed by atoms with van der Waals surface area (Å²) in [4.78, 5) is 34.7. The fraction of sp³-hybridized carbons (Fsp3) is 0.360. The lowest BCUT2D eigenvalue weighted by atomic mass is 9.79. The number of H-pyrrole nitrogens is 1. The summed E-state index contributed by atoms with van der Waals surface area (Å²) in [6, 6.07) is 16.2. The number of hydrogen-bond acceptors (Lipinski definition) is 2. The van der Waals surface area contributed by atoms with Crippen molar-refractivity contribution in [1.29, 1.82) is 0 Å². The molecular formula is C25H27N3O2. The number of nitrogens with one attached hydrogen (secondary N) is 1. The van der Waals surface area contributed by atoms with Crippen LogP contribution in [-0.4, -0.2) is 34.8 Å². The summed E-state index contributed by atoms with van der Waals surface area (Å²) in [5, 5.41) is 1.14. The van der Waals surface area contributed by atoms with Crippen LogP contribution in [0, 0.1) is 5.92 Å². The van der Waals surface area contributed by atoms with Crippen LogP contribution in [-0.2, 0) is 21.5 Å². The fourth-order valence-corrected chi connectivity index (χ4v) is 5.28. The van der Waals surface area contributed by atoms with Gasteiger partial charge in [0.15, 0.2) is 5.54 Å². The van der Waals surface area contributed by atoms with E-state index in [2.05, 4.69) is 24.9 Å². The quantitative estimate of drug-likeness (QED) is 0.715. The van der Waals surface area contributed by atoms with Gasteiger partial charge in [-0.1, -0.05) is 57.2 Å². The maximum Gasteiger partial charge on any atom is 0.264 e. The third-order valence-corrected chi connectivity index (χ3v) is 6.46. The van der Waals surface area contributed by atoms with E-state index < -0.39 is 5.54 Å². The molecule has 2 aromatic carbocycles. The molecule has 1 unspecified atom stereocenters. The smallest absolute Gasteiger partial charge is 0.264 e. The molecule has 30 heavy (non-hydrogen) atoms. The van der Waals surface area contributed by atoms with Gasteiger partial charge >= 0.3 is 0 Å². The van der Waals surface area contributed by atoms with Crippen molar-refractivity contribution in [3.63, 3.8) is 0 Å². The molecule has 0 fully saturated rings. The molecule has 0 saturated carbocycles. The lowest BCUT2D eigenvalue weighted by Crippen LogP contribution is -2.59. The molecule has 0 bridgehead atoms.